The Hall–Kier alpha value is -2.77. The summed E-state index contributed by atoms with van der Waals surface area (Å²) in [5.41, 5.74) is 4.52. The number of H-pyrrole nitrogens is 1. The molecule has 0 bridgehead atoms. The van der Waals surface area contributed by atoms with E-state index in [1.54, 1.807) is 11.3 Å². The van der Waals surface area contributed by atoms with Crippen molar-refractivity contribution in [2.24, 2.45) is 0 Å². The first-order valence-electron chi connectivity index (χ1n) is 8.15. The van der Waals surface area contributed by atoms with Gasteiger partial charge in [0.1, 0.15) is 15.0 Å². The molecule has 26 heavy (non-hydrogen) atoms. The summed E-state index contributed by atoms with van der Waals surface area (Å²) in [7, 11) is 0. The van der Waals surface area contributed by atoms with E-state index < -0.39 is 0 Å². The van der Waals surface area contributed by atoms with E-state index in [-0.39, 0.29) is 5.56 Å². The van der Waals surface area contributed by atoms with Crippen molar-refractivity contribution in [1.82, 2.24) is 15.0 Å². The highest BCUT2D eigenvalue weighted by Gasteiger charge is 2.18. The average Bonchev–Trinajstić information content (AvgIpc) is 3.17. The number of aromatic amines is 1. The van der Waals surface area contributed by atoms with Gasteiger partial charge in [0.2, 0.25) is 0 Å². The van der Waals surface area contributed by atoms with Gasteiger partial charge < -0.3 is 10.3 Å². The second kappa shape index (κ2) is 5.62. The smallest absolute Gasteiger partial charge is 0.268 e. The fourth-order valence-electron chi connectivity index (χ4n) is 3.22. The first kappa shape index (κ1) is 15.5. The molecule has 5 nitrogen and oxygen atoms in total. The summed E-state index contributed by atoms with van der Waals surface area (Å²) in [6, 6.07) is 11.9. The summed E-state index contributed by atoms with van der Waals surface area (Å²) in [6.45, 7) is 4.04. The molecule has 0 fully saturated rings. The van der Waals surface area contributed by atoms with Crippen LogP contribution in [0.3, 0.4) is 0 Å². The minimum Gasteiger partial charge on any atom is -0.332 e. The number of hydrogen-bond acceptors (Lipinski definition) is 6. The number of nitrogens with zero attached hydrogens (tertiary/aromatic N) is 2. The van der Waals surface area contributed by atoms with Gasteiger partial charge in [0.05, 0.1) is 10.2 Å². The summed E-state index contributed by atoms with van der Waals surface area (Å²) < 4.78 is 1.62. The van der Waals surface area contributed by atoms with Crippen LogP contribution in [0.1, 0.15) is 11.3 Å². The zero-order chi connectivity index (χ0) is 17.8. The number of benzene rings is 1. The molecule has 2 N–H and O–H groups in total. The van der Waals surface area contributed by atoms with E-state index in [4.69, 9.17) is 4.98 Å². The highest BCUT2D eigenvalue weighted by molar-refractivity contribution is 7.27. The van der Waals surface area contributed by atoms with Gasteiger partial charge in [0.15, 0.2) is 5.13 Å². The van der Waals surface area contributed by atoms with Crippen LogP contribution in [0.5, 0.6) is 0 Å². The largest absolute Gasteiger partial charge is 0.332 e. The van der Waals surface area contributed by atoms with Crippen molar-refractivity contribution >= 4 is 64.1 Å². The van der Waals surface area contributed by atoms with Crippen LogP contribution in [0, 0.1) is 13.8 Å². The molecule has 7 heteroatoms. The highest BCUT2D eigenvalue weighted by Crippen LogP contribution is 2.38. The Morgan fingerprint density at radius 2 is 1.85 bits per heavy atom. The molecule has 0 saturated carbocycles. The lowest BCUT2D eigenvalue weighted by Crippen LogP contribution is -2.03. The van der Waals surface area contributed by atoms with E-state index in [0.717, 1.165) is 42.9 Å². The molecule has 0 amide bonds. The number of rotatable bonds is 2. The van der Waals surface area contributed by atoms with E-state index in [0.29, 0.717) is 9.83 Å². The van der Waals surface area contributed by atoms with Gasteiger partial charge in [-0.3, -0.25) is 4.79 Å². The first-order chi connectivity index (χ1) is 12.6. The summed E-state index contributed by atoms with van der Waals surface area (Å²) in [5.74, 6) is 0. The molecule has 5 rings (SSSR count). The summed E-state index contributed by atoms with van der Waals surface area (Å²) >= 11 is 2.95. The second-order valence-electron chi connectivity index (χ2n) is 6.21. The van der Waals surface area contributed by atoms with Gasteiger partial charge in [-0.2, -0.15) is 0 Å². The quantitative estimate of drug-likeness (QED) is 0.448. The number of hydrogen-bond donors (Lipinski definition) is 2. The van der Waals surface area contributed by atoms with Gasteiger partial charge in [-0.15, -0.1) is 11.3 Å². The van der Waals surface area contributed by atoms with Crippen LogP contribution >= 0.6 is 22.7 Å². The van der Waals surface area contributed by atoms with Crippen molar-refractivity contribution in [2.45, 2.75) is 13.8 Å². The number of para-hydroxylation sites is 1. The number of thiophene rings is 1. The van der Waals surface area contributed by atoms with Gasteiger partial charge in [0.25, 0.3) is 5.56 Å². The van der Waals surface area contributed by atoms with E-state index in [1.165, 1.54) is 11.3 Å². The van der Waals surface area contributed by atoms with Crippen LogP contribution in [-0.4, -0.2) is 15.0 Å². The maximum atomic E-state index is 12.6. The second-order valence-corrected chi connectivity index (χ2v) is 8.21. The molecule has 5 aromatic rings. The highest BCUT2D eigenvalue weighted by atomic mass is 32.1. The lowest BCUT2D eigenvalue weighted by atomic mass is 10.1. The SMILES string of the molecule is Cc1cc(C)c2c(n1)sc1c3nc(Nc4ccccc4)sc3c(=O)[nH]c12. The fraction of sp³-hybridized carbons (Fsp3) is 0.105. The third kappa shape index (κ3) is 2.32. The normalized spacial score (nSPS) is 11.6. The lowest BCUT2D eigenvalue weighted by Gasteiger charge is -1.99. The monoisotopic (exact) mass is 378 g/mol. The van der Waals surface area contributed by atoms with Crippen molar-refractivity contribution in [3.8, 4) is 0 Å². The van der Waals surface area contributed by atoms with Crippen LogP contribution < -0.4 is 10.9 Å². The fourth-order valence-corrected chi connectivity index (χ4v) is 5.42. The Morgan fingerprint density at radius 3 is 2.65 bits per heavy atom. The summed E-state index contributed by atoms with van der Waals surface area (Å²) in [5, 5.41) is 5.01. The molecule has 0 radical (unpaired) electrons. The number of aryl methyl sites for hydroxylation is 2. The number of anilines is 2. The van der Waals surface area contributed by atoms with Crippen molar-refractivity contribution in [2.75, 3.05) is 5.32 Å². The molecule has 0 aliphatic heterocycles. The molecule has 1 aromatic carbocycles. The van der Waals surface area contributed by atoms with Crippen LogP contribution in [0.15, 0.2) is 41.2 Å². The van der Waals surface area contributed by atoms with Crippen molar-refractivity contribution in [3.63, 3.8) is 0 Å². The third-order valence-corrected chi connectivity index (χ3v) is 6.36. The average molecular weight is 378 g/mol. The predicted octanol–water partition coefficient (Wildman–Crippen LogP) is 5.11. The van der Waals surface area contributed by atoms with Crippen molar-refractivity contribution < 1.29 is 0 Å². The number of fused-ring (bicyclic) bond motifs is 5. The molecular weight excluding hydrogens is 364 g/mol. The number of aromatic nitrogens is 3. The Morgan fingerprint density at radius 1 is 1.04 bits per heavy atom. The summed E-state index contributed by atoms with van der Waals surface area (Å²) in [6.07, 6.45) is 0. The molecule has 4 heterocycles. The zero-order valence-corrected chi connectivity index (χ0v) is 15.7. The molecular formula is C19H14N4OS2. The van der Waals surface area contributed by atoms with Crippen molar-refractivity contribution in [3.05, 3.63) is 58.0 Å². The maximum absolute atomic E-state index is 12.6. The maximum Gasteiger partial charge on any atom is 0.268 e. The van der Waals surface area contributed by atoms with Crippen molar-refractivity contribution in [1.29, 1.82) is 0 Å². The van der Waals surface area contributed by atoms with Crippen LogP contribution in [0.2, 0.25) is 0 Å². The molecule has 4 aromatic heterocycles. The number of nitrogens with one attached hydrogen (secondary N) is 2. The van der Waals surface area contributed by atoms with Gasteiger partial charge in [-0.05, 0) is 37.6 Å². The number of pyridine rings is 2. The van der Waals surface area contributed by atoms with E-state index in [1.807, 2.05) is 43.3 Å². The summed E-state index contributed by atoms with van der Waals surface area (Å²) in [4.78, 5) is 26.0. The molecule has 0 unspecified atom stereocenters. The topological polar surface area (TPSA) is 70.7 Å². The minimum atomic E-state index is -0.106. The predicted molar refractivity (Wildman–Crippen MR) is 110 cm³/mol. The minimum absolute atomic E-state index is 0.106. The van der Waals surface area contributed by atoms with Gasteiger partial charge in [0, 0.05) is 16.8 Å². The Labute approximate surface area is 156 Å². The molecule has 0 atom stereocenters. The Bertz CT molecular complexity index is 1350. The number of thiazole rings is 1. The van der Waals surface area contributed by atoms with Crippen LogP contribution in [-0.2, 0) is 0 Å². The molecule has 0 aliphatic rings. The van der Waals surface area contributed by atoms with Gasteiger partial charge in [-0.1, -0.05) is 29.5 Å². The molecule has 0 aliphatic carbocycles. The zero-order valence-electron chi connectivity index (χ0n) is 14.1. The molecule has 0 spiro atoms. The van der Waals surface area contributed by atoms with E-state index in [2.05, 4.69) is 22.2 Å². The lowest BCUT2D eigenvalue weighted by molar-refractivity contribution is 1.25. The van der Waals surface area contributed by atoms with Gasteiger partial charge >= 0.3 is 0 Å². The van der Waals surface area contributed by atoms with Gasteiger partial charge in [-0.25, -0.2) is 9.97 Å². The van der Waals surface area contributed by atoms with Crippen LogP contribution in [0.4, 0.5) is 10.8 Å². The van der Waals surface area contributed by atoms with E-state index in [9.17, 15) is 4.79 Å². The Balaban J connectivity index is 1.79. The third-order valence-electron chi connectivity index (χ3n) is 4.30. The standard InChI is InChI=1S/C19H14N4OS2/c1-9-8-10(2)20-18-12(9)13-15(25-18)14-16(17(24)22-13)26-19(23-14)21-11-6-4-3-5-7-11/h3-8H,1-2H3,(H,21,23)(H,22,24). The molecule has 128 valence electrons. The van der Waals surface area contributed by atoms with Crippen LogP contribution in [0.25, 0.3) is 30.6 Å². The van der Waals surface area contributed by atoms with E-state index >= 15 is 0 Å². The molecule has 0 saturated heterocycles. The Kier molecular flexibility index (Phi) is 3.35. The first-order valence-corrected chi connectivity index (χ1v) is 9.79.